The number of carbonyl (C=O) groups excluding carboxylic acids is 2. The van der Waals surface area contributed by atoms with Crippen molar-refractivity contribution in [2.24, 2.45) is 5.92 Å². The summed E-state index contributed by atoms with van der Waals surface area (Å²) in [6, 6.07) is 0. The van der Waals surface area contributed by atoms with E-state index in [4.69, 9.17) is 0 Å². The molecule has 4 heteroatoms. The smallest absolute Gasteiger partial charge is 0.223 e. The standard InChI is InChI=1S/C9H18N2O2/c1-7(6-8(2)12)9(13)11-5-4-10-3/h7,10H,4-6H2,1-3H3,(H,11,13). The molecule has 0 aromatic heterocycles. The normalized spacial score (nSPS) is 12.2. The molecular formula is C9H18N2O2. The van der Waals surface area contributed by atoms with Gasteiger partial charge in [-0.15, -0.1) is 0 Å². The summed E-state index contributed by atoms with van der Waals surface area (Å²) in [5.74, 6) is -0.212. The minimum atomic E-state index is -0.214. The van der Waals surface area contributed by atoms with Gasteiger partial charge in [-0.3, -0.25) is 4.79 Å². The van der Waals surface area contributed by atoms with Crippen LogP contribution in [0.15, 0.2) is 0 Å². The van der Waals surface area contributed by atoms with Crippen molar-refractivity contribution in [1.82, 2.24) is 10.6 Å². The lowest BCUT2D eigenvalue weighted by molar-refractivity contribution is -0.128. The van der Waals surface area contributed by atoms with E-state index in [1.54, 1.807) is 6.92 Å². The zero-order valence-electron chi connectivity index (χ0n) is 8.52. The minimum Gasteiger partial charge on any atom is -0.355 e. The maximum absolute atomic E-state index is 11.3. The van der Waals surface area contributed by atoms with E-state index in [0.717, 1.165) is 6.54 Å². The quantitative estimate of drug-likeness (QED) is 0.571. The molecule has 4 nitrogen and oxygen atoms in total. The lowest BCUT2D eigenvalue weighted by atomic mass is 10.1. The van der Waals surface area contributed by atoms with Crippen molar-refractivity contribution in [2.45, 2.75) is 20.3 Å². The van der Waals surface area contributed by atoms with Gasteiger partial charge in [-0.2, -0.15) is 0 Å². The van der Waals surface area contributed by atoms with E-state index < -0.39 is 0 Å². The molecular weight excluding hydrogens is 168 g/mol. The lowest BCUT2D eigenvalue weighted by Crippen LogP contribution is -2.34. The Bertz CT molecular complexity index is 180. The SMILES string of the molecule is CNCCNC(=O)C(C)CC(C)=O. The number of Topliss-reactive ketones (excluding diaryl/α,β-unsaturated/α-hetero) is 1. The Balaban J connectivity index is 3.63. The van der Waals surface area contributed by atoms with Crippen LogP contribution in [0.4, 0.5) is 0 Å². The molecule has 1 amide bonds. The molecule has 0 aromatic rings. The van der Waals surface area contributed by atoms with E-state index in [1.807, 2.05) is 7.05 Å². The molecule has 0 aromatic carbocycles. The second kappa shape index (κ2) is 6.60. The Morgan fingerprint density at radius 2 is 1.92 bits per heavy atom. The third-order valence-electron chi connectivity index (χ3n) is 1.72. The van der Waals surface area contributed by atoms with Gasteiger partial charge in [0.15, 0.2) is 0 Å². The fraction of sp³-hybridized carbons (Fsp3) is 0.778. The second-order valence-electron chi connectivity index (χ2n) is 3.20. The highest BCUT2D eigenvalue weighted by atomic mass is 16.2. The average Bonchev–Trinajstić information content (AvgIpc) is 2.03. The molecule has 0 aliphatic rings. The minimum absolute atomic E-state index is 0.0505. The molecule has 0 spiro atoms. The number of hydrogen-bond acceptors (Lipinski definition) is 3. The summed E-state index contributed by atoms with van der Waals surface area (Å²) >= 11 is 0. The molecule has 0 aliphatic heterocycles. The second-order valence-corrected chi connectivity index (χ2v) is 3.20. The van der Waals surface area contributed by atoms with Gasteiger partial charge in [-0.05, 0) is 14.0 Å². The number of likely N-dealkylation sites (N-methyl/N-ethyl adjacent to an activating group) is 1. The van der Waals surface area contributed by atoms with E-state index in [2.05, 4.69) is 10.6 Å². The largest absolute Gasteiger partial charge is 0.355 e. The molecule has 0 rings (SSSR count). The molecule has 0 radical (unpaired) electrons. The molecule has 1 atom stereocenters. The van der Waals surface area contributed by atoms with Crippen molar-refractivity contribution in [3.63, 3.8) is 0 Å². The van der Waals surface area contributed by atoms with E-state index in [1.165, 1.54) is 6.92 Å². The van der Waals surface area contributed by atoms with Gasteiger partial charge in [0.1, 0.15) is 5.78 Å². The monoisotopic (exact) mass is 186 g/mol. The van der Waals surface area contributed by atoms with Crippen molar-refractivity contribution < 1.29 is 9.59 Å². The first-order valence-electron chi connectivity index (χ1n) is 4.49. The van der Waals surface area contributed by atoms with Gasteiger partial charge in [0.2, 0.25) is 5.91 Å². The highest BCUT2D eigenvalue weighted by Crippen LogP contribution is 2.01. The summed E-state index contributed by atoms with van der Waals surface area (Å²) in [6.07, 6.45) is 0.325. The molecule has 0 aliphatic carbocycles. The fourth-order valence-corrected chi connectivity index (χ4v) is 1.01. The summed E-state index contributed by atoms with van der Waals surface area (Å²) in [4.78, 5) is 22.0. The molecule has 0 saturated heterocycles. The van der Waals surface area contributed by atoms with Crippen LogP contribution in [0.25, 0.3) is 0 Å². The number of hydrogen-bond donors (Lipinski definition) is 2. The van der Waals surface area contributed by atoms with E-state index in [9.17, 15) is 9.59 Å². The predicted octanol–water partition coefficient (Wildman–Crippen LogP) is -0.0628. The van der Waals surface area contributed by atoms with Crippen LogP contribution in [0, 0.1) is 5.92 Å². The summed E-state index contributed by atoms with van der Waals surface area (Å²) in [5.41, 5.74) is 0. The van der Waals surface area contributed by atoms with Gasteiger partial charge in [0, 0.05) is 25.4 Å². The molecule has 76 valence electrons. The molecule has 0 bridgehead atoms. The number of carbonyl (C=O) groups is 2. The van der Waals surface area contributed by atoms with E-state index in [0.29, 0.717) is 13.0 Å². The van der Waals surface area contributed by atoms with Crippen molar-refractivity contribution in [3.05, 3.63) is 0 Å². The molecule has 13 heavy (non-hydrogen) atoms. The number of nitrogens with one attached hydrogen (secondary N) is 2. The maximum Gasteiger partial charge on any atom is 0.223 e. The van der Waals surface area contributed by atoms with Crippen molar-refractivity contribution in [2.75, 3.05) is 20.1 Å². The topological polar surface area (TPSA) is 58.2 Å². The third kappa shape index (κ3) is 6.28. The Kier molecular flexibility index (Phi) is 6.14. The summed E-state index contributed by atoms with van der Waals surface area (Å²) in [6.45, 7) is 4.61. The van der Waals surface area contributed by atoms with Gasteiger partial charge < -0.3 is 15.4 Å². The first-order chi connectivity index (χ1) is 6.07. The van der Waals surface area contributed by atoms with Crippen LogP contribution >= 0.6 is 0 Å². The van der Waals surface area contributed by atoms with Crippen molar-refractivity contribution in [1.29, 1.82) is 0 Å². The zero-order chi connectivity index (χ0) is 10.3. The predicted molar refractivity (Wildman–Crippen MR) is 51.4 cm³/mol. The first kappa shape index (κ1) is 12.1. The maximum atomic E-state index is 11.3. The summed E-state index contributed by atoms with van der Waals surface area (Å²) in [5, 5.41) is 5.66. The molecule has 1 unspecified atom stereocenters. The number of rotatable bonds is 6. The number of ketones is 1. The van der Waals surface area contributed by atoms with Gasteiger partial charge >= 0.3 is 0 Å². The molecule has 0 heterocycles. The van der Waals surface area contributed by atoms with E-state index in [-0.39, 0.29) is 17.6 Å². The highest BCUT2D eigenvalue weighted by Gasteiger charge is 2.13. The zero-order valence-corrected chi connectivity index (χ0v) is 8.52. The van der Waals surface area contributed by atoms with E-state index >= 15 is 0 Å². The van der Waals surface area contributed by atoms with Crippen LogP contribution in [0.1, 0.15) is 20.3 Å². The van der Waals surface area contributed by atoms with Crippen LogP contribution in [0.5, 0.6) is 0 Å². The first-order valence-corrected chi connectivity index (χ1v) is 4.49. The Labute approximate surface area is 79.1 Å². The summed E-state index contributed by atoms with van der Waals surface area (Å²) < 4.78 is 0. The molecule has 2 N–H and O–H groups in total. The lowest BCUT2D eigenvalue weighted by Gasteiger charge is -2.09. The van der Waals surface area contributed by atoms with Crippen molar-refractivity contribution >= 4 is 11.7 Å². The van der Waals surface area contributed by atoms with Gasteiger partial charge in [-0.25, -0.2) is 0 Å². The van der Waals surface area contributed by atoms with Gasteiger partial charge in [0.05, 0.1) is 0 Å². The van der Waals surface area contributed by atoms with Crippen LogP contribution in [0.2, 0.25) is 0 Å². The van der Waals surface area contributed by atoms with Crippen molar-refractivity contribution in [3.8, 4) is 0 Å². The average molecular weight is 186 g/mol. The third-order valence-corrected chi connectivity index (χ3v) is 1.72. The van der Waals surface area contributed by atoms with Crippen LogP contribution in [-0.2, 0) is 9.59 Å². The van der Waals surface area contributed by atoms with Gasteiger partial charge in [0.25, 0.3) is 0 Å². The Hall–Kier alpha value is -0.900. The Morgan fingerprint density at radius 3 is 2.38 bits per heavy atom. The fourth-order valence-electron chi connectivity index (χ4n) is 1.01. The van der Waals surface area contributed by atoms with Gasteiger partial charge in [-0.1, -0.05) is 6.92 Å². The molecule has 0 saturated carbocycles. The van der Waals surface area contributed by atoms with Crippen LogP contribution in [-0.4, -0.2) is 31.8 Å². The van der Waals surface area contributed by atoms with Crippen LogP contribution in [0.3, 0.4) is 0 Å². The van der Waals surface area contributed by atoms with Crippen LogP contribution < -0.4 is 10.6 Å². The Morgan fingerprint density at radius 1 is 1.31 bits per heavy atom. The summed E-state index contributed by atoms with van der Waals surface area (Å²) in [7, 11) is 1.82. The number of amides is 1. The highest BCUT2D eigenvalue weighted by molar-refractivity contribution is 5.85. The molecule has 0 fully saturated rings.